The number of ether oxygens (including phenoxy) is 2. The summed E-state index contributed by atoms with van der Waals surface area (Å²) in [6.07, 6.45) is -3.78. The number of benzene rings is 2. The predicted octanol–water partition coefficient (Wildman–Crippen LogP) is 4.82. The van der Waals surface area contributed by atoms with Crippen LogP contribution in [0.3, 0.4) is 0 Å². The number of rotatable bonds is 8. The van der Waals surface area contributed by atoms with E-state index in [4.69, 9.17) is 9.47 Å². The smallest absolute Gasteiger partial charge is 0.448 e. The van der Waals surface area contributed by atoms with Crippen molar-refractivity contribution in [3.63, 3.8) is 0 Å². The molecule has 0 aliphatic rings. The van der Waals surface area contributed by atoms with Crippen LogP contribution in [0.5, 0.6) is 5.75 Å². The molecule has 1 N–H and O–H groups in total. The van der Waals surface area contributed by atoms with Crippen LogP contribution in [0.2, 0.25) is 0 Å². The molecule has 0 spiro atoms. The van der Waals surface area contributed by atoms with E-state index in [9.17, 15) is 27.1 Å². The summed E-state index contributed by atoms with van der Waals surface area (Å²) < 4.78 is 78.2. The van der Waals surface area contributed by atoms with Gasteiger partial charge in [0.2, 0.25) is 0 Å². The minimum absolute atomic E-state index is 0.223. The molecule has 0 amide bonds. The van der Waals surface area contributed by atoms with E-state index < -0.39 is 35.8 Å². The molecule has 0 aliphatic carbocycles. The van der Waals surface area contributed by atoms with Crippen molar-refractivity contribution in [3.8, 4) is 5.75 Å². The van der Waals surface area contributed by atoms with Crippen molar-refractivity contribution in [1.82, 2.24) is 4.90 Å². The largest absolute Gasteiger partial charge is 0.496 e. The van der Waals surface area contributed by atoms with Crippen molar-refractivity contribution in [2.75, 3.05) is 20.7 Å². The summed E-state index contributed by atoms with van der Waals surface area (Å²) in [6.45, 7) is 3.17. The molecular weight excluding hydrogens is 423 g/mol. The maximum absolute atomic E-state index is 13.9. The summed E-state index contributed by atoms with van der Waals surface area (Å²) in [5, 5.41) is 10.5. The number of aliphatic hydroxyl groups is 1. The van der Waals surface area contributed by atoms with E-state index in [1.54, 1.807) is 11.9 Å². The minimum atomic E-state index is -5.29. The van der Waals surface area contributed by atoms with Crippen LogP contribution in [-0.2, 0) is 17.1 Å². The third kappa shape index (κ3) is 5.71. The second-order valence-electron chi connectivity index (χ2n) is 6.86. The monoisotopic (exact) mass is 446 g/mol. The molecule has 0 aliphatic heterocycles. The molecule has 1 atom stereocenters. The van der Waals surface area contributed by atoms with Gasteiger partial charge in [-0.3, -0.25) is 0 Å². The molecule has 0 saturated carbocycles. The van der Waals surface area contributed by atoms with Crippen LogP contribution in [-0.4, -0.2) is 43.2 Å². The maximum Gasteiger partial charge on any atom is 0.448 e. The van der Waals surface area contributed by atoms with Crippen LogP contribution in [0.1, 0.15) is 23.6 Å². The Balaban J connectivity index is 2.49. The molecule has 1 unspecified atom stereocenters. The normalized spacial score (nSPS) is 14.0. The summed E-state index contributed by atoms with van der Waals surface area (Å²) in [6, 6.07) is 4.49. The Labute approximate surface area is 176 Å². The molecule has 0 radical (unpaired) electrons. The number of halogens is 5. The summed E-state index contributed by atoms with van der Waals surface area (Å²) in [7, 11) is 2.91. The number of methoxy groups -OCH3 is 1. The van der Waals surface area contributed by atoms with Crippen molar-refractivity contribution in [2.45, 2.75) is 32.4 Å². The molecule has 2 aromatic carbocycles. The zero-order valence-corrected chi connectivity index (χ0v) is 17.4. The number of alkyl halides is 3. The highest BCUT2D eigenvalue weighted by Crippen LogP contribution is 2.46. The molecule has 0 fully saturated rings. The van der Waals surface area contributed by atoms with Gasteiger partial charge in [0.05, 0.1) is 31.3 Å². The first kappa shape index (κ1) is 24.5. The van der Waals surface area contributed by atoms with E-state index in [1.165, 1.54) is 19.3 Å². The third-order valence-corrected chi connectivity index (χ3v) is 4.53. The van der Waals surface area contributed by atoms with Gasteiger partial charge in [0, 0.05) is 25.7 Å². The van der Waals surface area contributed by atoms with Gasteiger partial charge in [-0.2, -0.15) is 13.2 Å². The summed E-state index contributed by atoms with van der Waals surface area (Å²) in [5.74, 6) is -6.08. The van der Waals surface area contributed by atoms with Crippen LogP contribution in [0.15, 0.2) is 35.3 Å². The number of nitrogens with zero attached hydrogens (tertiary/aromatic N) is 2. The highest BCUT2D eigenvalue weighted by Gasteiger charge is 2.58. The Hall–Kier alpha value is -2.72. The molecule has 5 nitrogen and oxygen atoms in total. The Bertz CT molecular complexity index is 929. The number of aryl methyl sites for hydroxylation is 1. The van der Waals surface area contributed by atoms with E-state index in [0.717, 1.165) is 25.3 Å². The number of hydrogen-bond donors (Lipinski definition) is 1. The van der Waals surface area contributed by atoms with Gasteiger partial charge in [-0.1, -0.05) is 0 Å². The van der Waals surface area contributed by atoms with Crippen LogP contribution in [0, 0.1) is 18.6 Å². The Morgan fingerprint density at radius 3 is 2.23 bits per heavy atom. The highest BCUT2D eigenvalue weighted by molar-refractivity contribution is 5.65. The first-order chi connectivity index (χ1) is 14.4. The average molecular weight is 446 g/mol. The standard InChI is InChI=1S/C21H23F5N2O3/c1-5-28(3)12-27-18-10-19(30-4)17(6-13(18)2)20(29,21(24,25)26)31-11-14-7-15(22)9-16(23)8-14/h6-10,12,29H,5,11H2,1-4H3/b27-12+. The Morgan fingerprint density at radius 2 is 1.71 bits per heavy atom. The Morgan fingerprint density at radius 1 is 1.10 bits per heavy atom. The van der Waals surface area contributed by atoms with E-state index in [0.29, 0.717) is 23.9 Å². The molecular formula is C21H23F5N2O3. The lowest BCUT2D eigenvalue weighted by molar-refractivity contribution is -0.379. The fourth-order valence-corrected chi connectivity index (χ4v) is 2.69. The zero-order chi connectivity index (χ0) is 23.4. The number of hydrogen-bond acceptors (Lipinski definition) is 4. The van der Waals surface area contributed by atoms with Gasteiger partial charge in [-0.25, -0.2) is 13.8 Å². The lowest BCUT2D eigenvalue weighted by Gasteiger charge is -2.32. The molecule has 2 aromatic rings. The van der Waals surface area contributed by atoms with Crippen molar-refractivity contribution in [2.24, 2.45) is 4.99 Å². The maximum atomic E-state index is 13.9. The predicted molar refractivity (Wildman–Crippen MR) is 105 cm³/mol. The molecule has 0 bridgehead atoms. The molecule has 0 heterocycles. The summed E-state index contributed by atoms with van der Waals surface area (Å²) in [4.78, 5) is 5.97. The average Bonchev–Trinajstić information content (AvgIpc) is 2.69. The summed E-state index contributed by atoms with van der Waals surface area (Å²) >= 11 is 0. The highest BCUT2D eigenvalue weighted by atomic mass is 19.4. The Kier molecular flexibility index (Phi) is 7.61. The van der Waals surface area contributed by atoms with E-state index in [-0.39, 0.29) is 11.3 Å². The molecule has 0 saturated heterocycles. The fourth-order valence-electron chi connectivity index (χ4n) is 2.69. The SMILES string of the molecule is CCN(C)/C=N/c1cc(OC)c(C(O)(OCc2cc(F)cc(F)c2)C(F)(F)F)cc1C. The van der Waals surface area contributed by atoms with Gasteiger partial charge in [-0.05, 0) is 43.2 Å². The second-order valence-corrected chi connectivity index (χ2v) is 6.86. The van der Waals surface area contributed by atoms with Crippen molar-refractivity contribution >= 4 is 12.0 Å². The number of aliphatic imine (C=N–C) groups is 1. The lowest BCUT2D eigenvalue weighted by atomic mass is 10.00. The molecule has 10 heteroatoms. The van der Waals surface area contributed by atoms with Crippen molar-refractivity contribution in [3.05, 3.63) is 58.7 Å². The topological polar surface area (TPSA) is 54.3 Å². The van der Waals surface area contributed by atoms with E-state index >= 15 is 0 Å². The molecule has 170 valence electrons. The van der Waals surface area contributed by atoms with Crippen LogP contribution in [0.4, 0.5) is 27.6 Å². The zero-order valence-electron chi connectivity index (χ0n) is 17.4. The van der Waals surface area contributed by atoms with Gasteiger partial charge in [0.1, 0.15) is 17.4 Å². The first-order valence-corrected chi connectivity index (χ1v) is 9.22. The lowest BCUT2D eigenvalue weighted by Crippen LogP contribution is -2.45. The van der Waals surface area contributed by atoms with Gasteiger partial charge < -0.3 is 19.5 Å². The van der Waals surface area contributed by atoms with Gasteiger partial charge in [0.25, 0.3) is 5.79 Å². The molecule has 31 heavy (non-hydrogen) atoms. The van der Waals surface area contributed by atoms with E-state index in [1.807, 2.05) is 6.92 Å². The van der Waals surface area contributed by atoms with Crippen LogP contribution >= 0.6 is 0 Å². The van der Waals surface area contributed by atoms with Crippen LogP contribution < -0.4 is 4.74 Å². The third-order valence-electron chi connectivity index (χ3n) is 4.53. The van der Waals surface area contributed by atoms with Crippen LogP contribution in [0.25, 0.3) is 0 Å². The molecule has 2 rings (SSSR count). The molecule has 0 aromatic heterocycles. The minimum Gasteiger partial charge on any atom is -0.496 e. The quantitative estimate of drug-likeness (QED) is 0.274. The van der Waals surface area contributed by atoms with E-state index in [2.05, 4.69) is 4.99 Å². The van der Waals surface area contributed by atoms with Gasteiger partial charge >= 0.3 is 6.18 Å². The second kappa shape index (κ2) is 9.61. The first-order valence-electron chi connectivity index (χ1n) is 9.22. The van der Waals surface area contributed by atoms with Crippen molar-refractivity contribution < 1.29 is 36.5 Å². The fraction of sp³-hybridized carbons (Fsp3) is 0.381. The van der Waals surface area contributed by atoms with Gasteiger partial charge in [-0.15, -0.1) is 0 Å². The van der Waals surface area contributed by atoms with Crippen molar-refractivity contribution in [1.29, 1.82) is 0 Å². The van der Waals surface area contributed by atoms with Gasteiger partial charge in [0.15, 0.2) is 0 Å². The summed E-state index contributed by atoms with van der Waals surface area (Å²) in [5.41, 5.74) is -0.281.